The van der Waals surface area contributed by atoms with Crippen molar-refractivity contribution < 1.29 is 13.9 Å². The van der Waals surface area contributed by atoms with Gasteiger partial charge in [0.05, 0.1) is 29.5 Å². The quantitative estimate of drug-likeness (QED) is 0.703. The fraction of sp³-hybridized carbons (Fsp3) is 0.231. The van der Waals surface area contributed by atoms with E-state index in [1.807, 2.05) is 48.5 Å². The van der Waals surface area contributed by atoms with Crippen LogP contribution in [0.5, 0.6) is 0 Å². The van der Waals surface area contributed by atoms with Gasteiger partial charge >= 0.3 is 6.09 Å². The van der Waals surface area contributed by atoms with Gasteiger partial charge < -0.3 is 15.4 Å². The summed E-state index contributed by atoms with van der Waals surface area (Å²) in [6.45, 7) is 0.265. The van der Waals surface area contributed by atoms with Crippen LogP contribution in [0.1, 0.15) is 17.0 Å². The van der Waals surface area contributed by atoms with E-state index in [2.05, 4.69) is 0 Å². The van der Waals surface area contributed by atoms with Gasteiger partial charge in [0.2, 0.25) is 5.41 Å². The highest BCUT2D eigenvalue weighted by atomic mass is 19.1. The standard InChI is InChI=1S/C26H20FN5O2/c27-19-8-4-7-18(11-19)23-20(12-28)24(31)26(15-29,16-30)22-9-10-32(13-21(22)23)25(33)34-14-17-5-2-1-3-6-17/h1-9,11,21,23H,10,13-14,31H2. The van der Waals surface area contributed by atoms with E-state index in [0.29, 0.717) is 11.1 Å². The van der Waals surface area contributed by atoms with E-state index < -0.39 is 29.2 Å². The second kappa shape index (κ2) is 9.10. The number of nitrogens with two attached hydrogens (primary N) is 1. The van der Waals surface area contributed by atoms with Gasteiger partial charge in [0, 0.05) is 24.9 Å². The monoisotopic (exact) mass is 453 g/mol. The van der Waals surface area contributed by atoms with Gasteiger partial charge in [-0.2, -0.15) is 15.8 Å². The molecule has 1 heterocycles. The van der Waals surface area contributed by atoms with Crippen LogP contribution in [0.2, 0.25) is 0 Å². The molecule has 2 unspecified atom stereocenters. The normalized spacial score (nSPS) is 20.8. The first kappa shape index (κ1) is 22.6. The number of halogens is 1. The number of carbonyl (C=O) groups is 1. The molecular formula is C26H20FN5O2. The fourth-order valence-electron chi connectivity index (χ4n) is 4.68. The first-order valence-electron chi connectivity index (χ1n) is 10.6. The predicted octanol–water partition coefficient (Wildman–Crippen LogP) is 3.89. The Labute approximate surface area is 196 Å². The summed E-state index contributed by atoms with van der Waals surface area (Å²) in [7, 11) is 0. The molecule has 2 aromatic carbocycles. The second-order valence-corrected chi connectivity index (χ2v) is 8.16. The molecule has 0 bridgehead atoms. The van der Waals surface area contributed by atoms with Gasteiger partial charge in [0.25, 0.3) is 0 Å². The molecule has 0 fully saturated rings. The number of nitriles is 3. The summed E-state index contributed by atoms with van der Waals surface area (Å²) < 4.78 is 19.5. The maximum atomic E-state index is 14.1. The first-order valence-corrected chi connectivity index (χ1v) is 10.6. The lowest BCUT2D eigenvalue weighted by atomic mass is 9.60. The van der Waals surface area contributed by atoms with E-state index in [9.17, 15) is 25.0 Å². The average molecular weight is 453 g/mol. The van der Waals surface area contributed by atoms with Crippen molar-refractivity contribution in [3.63, 3.8) is 0 Å². The average Bonchev–Trinajstić information content (AvgIpc) is 2.87. The molecule has 2 atom stereocenters. The van der Waals surface area contributed by atoms with Crippen molar-refractivity contribution in [3.05, 3.63) is 94.5 Å². The van der Waals surface area contributed by atoms with Gasteiger partial charge in [-0.05, 0) is 28.8 Å². The van der Waals surface area contributed by atoms with Crippen molar-refractivity contribution in [2.24, 2.45) is 17.1 Å². The summed E-state index contributed by atoms with van der Waals surface area (Å²) in [4.78, 5) is 14.3. The number of allylic oxidation sites excluding steroid dienone is 2. The predicted molar refractivity (Wildman–Crippen MR) is 119 cm³/mol. The van der Waals surface area contributed by atoms with Crippen LogP contribution in [0.15, 0.2) is 77.5 Å². The Morgan fingerprint density at radius 2 is 1.88 bits per heavy atom. The van der Waals surface area contributed by atoms with Crippen molar-refractivity contribution in [2.75, 3.05) is 13.1 Å². The zero-order valence-electron chi connectivity index (χ0n) is 18.1. The third-order valence-corrected chi connectivity index (χ3v) is 6.32. The fourth-order valence-corrected chi connectivity index (χ4v) is 4.68. The summed E-state index contributed by atoms with van der Waals surface area (Å²) in [5, 5.41) is 29.8. The Hall–Kier alpha value is -4.61. The number of hydrogen-bond donors (Lipinski definition) is 1. The Kier molecular flexibility index (Phi) is 6.04. The molecule has 1 aliphatic carbocycles. The minimum absolute atomic E-state index is 0.0235. The van der Waals surface area contributed by atoms with E-state index >= 15 is 0 Å². The number of nitrogens with zero attached hydrogens (tertiary/aromatic N) is 4. The molecule has 2 aliphatic rings. The number of fused-ring (bicyclic) bond motifs is 1. The lowest BCUT2D eigenvalue weighted by molar-refractivity contribution is 0.0913. The van der Waals surface area contributed by atoms with Crippen LogP contribution >= 0.6 is 0 Å². The Bertz CT molecular complexity index is 1300. The molecule has 2 aromatic rings. The number of rotatable bonds is 3. The molecule has 168 valence electrons. The molecule has 0 saturated carbocycles. The van der Waals surface area contributed by atoms with Crippen molar-refractivity contribution in [3.8, 4) is 18.2 Å². The highest BCUT2D eigenvalue weighted by Gasteiger charge is 2.53. The zero-order valence-corrected chi connectivity index (χ0v) is 18.1. The Morgan fingerprint density at radius 3 is 2.53 bits per heavy atom. The molecule has 0 radical (unpaired) electrons. The van der Waals surface area contributed by atoms with Gasteiger partial charge in [-0.15, -0.1) is 0 Å². The number of ether oxygens (including phenoxy) is 1. The van der Waals surface area contributed by atoms with Gasteiger partial charge in [0.15, 0.2) is 0 Å². The largest absolute Gasteiger partial charge is 0.445 e. The van der Waals surface area contributed by atoms with Crippen molar-refractivity contribution in [1.29, 1.82) is 15.8 Å². The van der Waals surface area contributed by atoms with E-state index in [1.54, 1.807) is 12.1 Å². The molecular weight excluding hydrogens is 433 g/mol. The minimum Gasteiger partial charge on any atom is -0.445 e. The Morgan fingerprint density at radius 1 is 1.15 bits per heavy atom. The minimum atomic E-state index is -1.83. The van der Waals surface area contributed by atoms with E-state index in [4.69, 9.17) is 10.5 Å². The molecule has 4 rings (SSSR count). The molecule has 2 N–H and O–H groups in total. The number of amides is 1. The topological polar surface area (TPSA) is 127 Å². The lowest BCUT2D eigenvalue weighted by Gasteiger charge is -2.44. The van der Waals surface area contributed by atoms with Gasteiger partial charge in [0.1, 0.15) is 12.4 Å². The van der Waals surface area contributed by atoms with Crippen LogP contribution in [0.4, 0.5) is 9.18 Å². The molecule has 0 aromatic heterocycles. The summed E-state index contributed by atoms with van der Waals surface area (Å²) in [5.41, 5.74) is 5.99. The highest BCUT2D eigenvalue weighted by molar-refractivity contribution is 5.69. The van der Waals surface area contributed by atoms with Crippen LogP contribution in [-0.4, -0.2) is 24.1 Å². The molecule has 1 aliphatic heterocycles. The highest BCUT2D eigenvalue weighted by Crippen LogP contribution is 2.52. The molecule has 1 amide bonds. The van der Waals surface area contributed by atoms with Crippen molar-refractivity contribution in [1.82, 2.24) is 4.90 Å². The number of benzene rings is 2. The summed E-state index contributed by atoms with van der Waals surface area (Å²) in [5.74, 6) is -1.86. The van der Waals surface area contributed by atoms with Gasteiger partial charge in [-0.25, -0.2) is 9.18 Å². The molecule has 7 nitrogen and oxygen atoms in total. The summed E-state index contributed by atoms with van der Waals surface area (Å²) in [6.07, 6.45) is 1.05. The zero-order chi connectivity index (χ0) is 24.3. The van der Waals surface area contributed by atoms with Crippen molar-refractivity contribution in [2.45, 2.75) is 12.5 Å². The number of hydrogen-bond acceptors (Lipinski definition) is 6. The van der Waals surface area contributed by atoms with Crippen molar-refractivity contribution >= 4 is 6.09 Å². The molecule has 8 heteroatoms. The third-order valence-electron chi connectivity index (χ3n) is 6.32. The molecule has 0 spiro atoms. The van der Waals surface area contributed by atoms with Gasteiger partial charge in [-0.3, -0.25) is 0 Å². The van der Waals surface area contributed by atoms with Gasteiger partial charge in [-0.1, -0.05) is 48.5 Å². The SMILES string of the molecule is N#CC1=C(N)C(C#N)(C#N)C2=CCN(C(=O)OCc3ccccc3)CC2C1c1cccc(F)c1. The maximum Gasteiger partial charge on any atom is 0.410 e. The first-order chi connectivity index (χ1) is 16.4. The Balaban J connectivity index is 1.73. The maximum absolute atomic E-state index is 14.1. The molecule has 0 saturated heterocycles. The summed E-state index contributed by atoms with van der Waals surface area (Å²) >= 11 is 0. The van der Waals surface area contributed by atoms with Crippen LogP contribution < -0.4 is 5.73 Å². The van der Waals surface area contributed by atoms with Crippen LogP contribution in [0.25, 0.3) is 0 Å². The molecule has 34 heavy (non-hydrogen) atoms. The van der Waals surface area contributed by atoms with Crippen LogP contribution in [0, 0.1) is 51.1 Å². The van der Waals surface area contributed by atoms with E-state index in [-0.39, 0.29) is 31.0 Å². The van der Waals surface area contributed by atoms with Crippen LogP contribution in [-0.2, 0) is 11.3 Å². The summed E-state index contributed by atoms with van der Waals surface area (Å²) in [6, 6.07) is 21.0. The van der Waals surface area contributed by atoms with E-state index in [0.717, 1.165) is 5.56 Å². The number of carbonyl (C=O) groups excluding carboxylic acids is 1. The smallest absolute Gasteiger partial charge is 0.410 e. The van der Waals surface area contributed by atoms with E-state index in [1.165, 1.54) is 23.1 Å². The third kappa shape index (κ3) is 3.74. The second-order valence-electron chi connectivity index (χ2n) is 8.16. The lowest BCUT2D eigenvalue weighted by Crippen LogP contribution is -2.48. The van der Waals surface area contributed by atoms with Crippen LogP contribution in [0.3, 0.4) is 0 Å².